The quantitative estimate of drug-likeness (QED) is 0.260. The number of aliphatic carboxylic acids is 1. The van der Waals surface area contributed by atoms with Crippen molar-refractivity contribution in [3.63, 3.8) is 0 Å². The molecule has 4 heteroatoms. The molecule has 0 aromatic rings. The molecule has 0 amide bonds. The number of rotatable bonds is 7. The van der Waals surface area contributed by atoms with Crippen molar-refractivity contribution in [2.45, 2.75) is 151 Å². The third kappa shape index (κ3) is 5.15. The van der Waals surface area contributed by atoms with Gasteiger partial charge in [0, 0.05) is 6.61 Å². The Kier molecular flexibility index (Phi) is 9.83. The molecule has 11 atom stereocenters. The number of hydrogen-bond acceptors (Lipinski definition) is 3. The third-order valence-corrected chi connectivity index (χ3v) is 15.3. The molecule has 5 aliphatic carbocycles. The van der Waals surface area contributed by atoms with Crippen LogP contribution in [-0.2, 0) is 4.79 Å². The highest BCUT2D eigenvalue weighted by atomic mass is 16.4. The summed E-state index contributed by atoms with van der Waals surface area (Å²) in [5.41, 5.74) is 2.60. The topological polar surface area (TPSA) is 77.8 Å². The number of carboxylic acids is 1. The van der Waals surface area contributed by atoms with Crippen molar-refractivity contribution < 1.29 is 20.1 Å². The second-order valence-electron chi connectivity index (χ2n) is 17.2. The van der Waals surface area contributed by atoms with Crippen LogP contribution in [0.15, 0.2) is 12.2 Å². The van der Waals surface area contributed by atoms with Gasteiger partial charge in [-0.3, -0.25) is 4.79 Å². The van der Waals surface area contributed by atoms with Crippen LogP contribution in [0.2, 0.25) is 0 Å². The van der Waals surface area contributed by atoms with Crippen LogP contribution in [0, 0.1) is 62.6 Å². The molecule has 4 nitrogen and oxygen atoms in total. The summed E-state index contributed by atoms with van der Waals surface area (Å²) in [7, 11) is 0. The highest BCUT2D eigenvalue weighted by Gasteiger charge is 2.70. The molecule has 0 aliphatic heterocycles. The lowest BCUT2D eigenvalue weighted by Gasteiger charge is -2.73. The summed E-state index contributed by atoms with van der Waals surface area (Å²) in [6.45, 7) is 23.7. The molecular weight excluding hydrogens is 520 g/mol. The van der Waals surface area contributed by atoms with Gasteiger partial charge < -0.3 is 15.3 Å². The smallest absolute Gasteiger partial charge is 0.306 e. The van der Waals surface area contributed by atoms with Crippen LogP contribution in [0.3, 0.4) is 0 Å². The Hall–Kier alpha value is -0.870. The van der Waals surface area contributed by atoms with Gasteiger partial charge in [0.1, 0.15) is 0 Å². The number of fused-ring (bicyclic) bond motifs is 7. The van der Waals surface area contributed by atoms with E-state index in [-0.39, 0.29) is 22.9 Å². The van der Waals surface area contributed by atoms with Gasteiger partial charge in [0.2, 0.25) is 0 Å². The zero-order chi connectivity index (χ0) is 31.3. The molecule has 0 saturated heterocycles. The Morgan fingerprint density at radius 2 is 1.57 bits per heavy atom. The van der Waals surface area contributed by atoms with Crippen LogP contribution in [0.1, 0.15) is 145 Å². The summed E-state index contributed by atoms with van der Waals surface area (Å²) in [5, 5.41) is 30.1. The van der Waals surface area contributed by atoms with E-state index in [0.29, 0.717) is 40.6 Å². The molecule has 0 aromatic carbocycles. The number of allylic oxidation sites excluding steroid dienone is 1. The van der Waals surface area contributed by atoms with Crippen LogP contribution in [0.5, 0.6) is 0 Å². The van der Waals surface area contributed by atoms with E-state index in [9.17, 15) is 15.0 Å². The first-order valence-electron chi connectivity index (χ1n) is 17.8. The van der Waals surface area contributed by atoms with E-state index in [1.807, 2.05) is 6.92 Å². The standard InChI is InChI=1S/C30H50O2.C8H16O2/c1-19(2)20-10-15-30(18-31)17-16-28(6)21(25(20)30)8-9-23-27(5)13-12-24(32)26(3,4)22(27)11-14-29(23,28)7;1-3-5-6-7(4-2)8(9)10/h20-25,31-32H,1,8-18H2,2-7H3;7H,3-6H2,1-2H3,(H,9,10)/t20-,21+,22-,23+,24-,25+,27-,28+,29+,30+;/m0./s1. The molecule has 5 fully saturated rings. The largest absolute Gasteiger partial charge is 0.481 e. The highest BCUT2D eigenvalue weighted by molar-refractivity contribution is 5.69. The van der Waals surface area contributed by atoms with Crippen molar-refractivity contribution in [2.24, 2.45) is 62.6 Å². The molecule has 0 radical (unpaired) electrons. The van der Waals surface area contributed by atoms with Crippen molar-refractivity contribution >= 4 is 5.97 Å². The lowest BCUT2D eigenvalue weighted by atomic mass is 9.32. The predicted octanol–water partition coefficient (Wildman–Crippen LogP) is 9.28. The van der Waals surface area contributed by atoms with Crippen LogP contribution in [0.25, 0.3) is 0 Å². The average molecular weight is 587 g/mol. The number of carbonyl (C=O) groups is 1. The van der Waals surface area contributed by atoms with E-state index >= 15 is 0 Å². The minimum Gasteiger partial charge on any atom is -0.481 e. The fourth-order valence-electron chi connectivity index (χ4n) is 12.5. The SMILES string of the molecule is C=C(C)[C@@H]1CC[C@]2(CO)CC[C@]3(C)[C@H](CC[C@@H]4[C@@]5(C)CC[C@H](O)C(C)(C)[C@@H]5CC[C@]43C)[C@@H]12.CCCCC(CC)C(=O)O. The molecule has 5 rings (SSSR count). The Labute approximate surface area is 258 Å². The lowest BCUT2D eigenvalue weighted by molar-refractivity contribution is -0.249. The van der Waals surface area contributed by atoms with Crippen molar-refractivity contribution in [3.05, 3.63) is 12.2 Å². The molecule has 5 aliphatic rings. The van der Waals surface area contributed by atoms with Gasteiger partial charge in [-0.05, 0) is 141 Å². The summed E-state index contributed by atoms with van der Waals surface area (Å²) in [4.78, 5) is 10.4. The van der Waals surface area contributed by atoms with Crippen molar-refractivity contribution in [2.75, 3.05) is 6.61 Å². The van der Waals surface area contributed by atoms with E-state index < -0.39 is 5.97 Å². The molecule has 5 saturated carbocycles. The zero-order valence-electron chi connectivity index (χ0n) is 28.6. The summed E-state index contributed by atoms with van der Waals surface area (Å²) in [5.74, 6) is 2.58. The summed E-state index contributed by atoms with van der Waals surface area (Å²) >= 11 is 0. The molecule has 1 unspecified atom stereocenters. The van der Waals surface area contributed by atoms with Gasteiger partial charge in [0.25, 0.3) is 0 Å². The first-order valence-corrected chi connectivity index (χ1v) is 17.8. The highest BCUT2D eigenvalue weighted by Crippen LogP contribution is 2.77. The van der Waals surface area contributed by atoms with Gasteiger partial charge in [-0.2, -0.15) is 0 Å². The molecule has 0 heterocycles. The van der Waals surface area contributed by atoms with E-state index in [1.165, 1.54) is 63.4 Å². The molecule has 0 spiro atoms. The number of aliphatic hydroxyl groups is 2. The van der Waals surface area contributed by atoms with Crippen LogP contribution in [0.4, 0.5) is 0 Å². The van der Waals surface area contributed by atoms with Crippen LogP contribution >= 0.6 is 0 Å². The maximum Gasteiger partial charge on any atom is 0.306 e. The normalized spacial score (nSPS) is 46.1. The molecule has 0 bridgehead atoms. The van der Waals surface area contributed by atoms with Gasteiger partial charge in [-0.1, -0.05) is 73.5 Å². The van der Waals surface area contributed by atoms with E-state index in [2.05, 4.69) is 55.0 Å². The number of unbranched alkanes of at least 4 members (excludes halogenated alkanes) is 1. The predicted molar refractivity (Wildman–Crippen MR) is 173 cm³/mol. The van der Waals surface area contributed by atoms with Crippen molar-refractivity contribution in [1.82, 2.24) is 0 Å². The number of carboxylic acid groups (broad SMARTS) is 1. The second kappa shape index (κ2) is 12.1. The average Bonchev–Trinajstić information content (AvgIpc) is 3.33. The van der Waals surface area contributed by atoms with Gasteiger partial charge in [-0.25, -0.2) is 0 Å². The van der Waals surface area contributed by atoms with Crippen LogP contribution < -0.4 is 0 Å². The molecule has 0 aromatic heterocycles. The maximum atomic E-state index is 10.9. The monoisotopic (exact) mass is 586 g/mol. The summed E-state index contributed by atoms with van der Waals surface area (Å²) in [6, 6.07) is 0. The summed E-state index contributed by atoms with van der Waals surface area (Å²) < 4.78 is 0. The molecule has 3 N–H and O–H groups in total. The van der Waals surface area contributed by atoms with E-state index in [1.54, 1.807) is 0 Å². The first kappa shape index (κ1) is 34.0. The number of aliphatic hydroxyl groups excluding tert-OH is 2. The lowest BCUT2D eigenvalue weighted by Crippen LogP contribution is -2.66. The van der Waals surface area contributed by atoms with Crippen molar-refractivity contribution in [3.8, 4) is 0 Å². The fourth-order valence-corrected chi connectivity index (χ4v) is 12.5. The zero-order valence-corrected chi connectivity index (χ0v) is 28.6. The minimum absolute atomic E-state index is 0.0290. The maximum absolute atomic E-state index is 10.9. The minimum atomic E-state index is -0.643. The molecule has 42 heavy (non-hydrogen) atoms. The molecular formula is C38H66O4. The van der Waals surface area contributed by atoms with E-state index in [4.69, 9.17) is 5.11 Å². The van der Waals surface area contributed by atoms with Gasteiger partial charge >= 0.3 is 5.97 Å². The Morgan fingerprint density at radius 1 is 0.881 bits per heavy atom. The Balaban J connectivity index is 0.000000349. The summed E-state index contributed by atoms with van der Waals surface area (Å²) in [6.07, 6.45) is 15.9. The Morgan fingerprint density at radius 3 is 2.14 bits per heavy atom. The number of hydrogen-bond donors (Lipinski definition) is 3. The van der Waals surface area contributed by atoms with Crippen LogP contribution in [-0.4, -0.2) is 34.0 Å². The fraction of sp³-hybridized carbons (Fsp3) is 0.921. The molecule has 242 valence electrons. The van der Waals surface area contributed by atoms with Crippen molar-refractivity contribution in [1.29, 1.82) is 0 Å². The van der Waals surface area contributed by atoms with Gasteiger partial charge in [0.05, 0.1) is 12.0 Å². The Bertz CT molecular complexity index is 988. The van der Waals surface area contributed by atoms with Gasteiger partial charge in [-0.15, -0.1) is 0 Å². The second-order valence-corrected chi connectivity index (χ2v) is 17.2. The van der Waals surface area contributed by atoms with E-state index in [0.717, 1.165) is 43.9 Å². The first-order chi connectivity index (χ1) is 19.6. The van der Waals surface area contributed by atoms with Gasteiger partial charge in [0.15, 0.2) is 0 Å². The third-order valence-electron chi connectivity index (χ3n) is 15.3.